The van der Waals surface area contributed by atoms with Crippen molar-refractivity contribution < 1.29 is 14.3 Å². The third-order valence-corrected chi connectivity index (χ3v) is 2.74. The van der Waals surface area contributed by atoms with Crippen molar-refractivity contribution in [2.45, 2.75) is 6.92 Å². The van der Waals surface area contributed by atoms with Crippen molar-refractivity contribution in [3.8, 4) is 23.6 Å². The molecule has 1 aromatic carbocycles. The number of hydrogen-bond donors (Lipinski definition) is 0. The summed E-state index contributed by atoms with van der Waals surface area (Å²) in [5.74, 6) is 0.809. The minimum Gasteiger partial charge on any atom is -0.493 e. The summed E-state index contributed by atoms with van der Waals surface area (Å²) in [6.07, 6.45) is 2.93. The number of nitrogens with zero attached hydrogens (tertiary/aromatic N) is 3. The van der Waals surface area contributed by atoms with E-state index in [2.05, 4.69) is 0 Å². The number of methoxy groups -OCH3 is 1. The maximum atomic E-state index is 11.9. The number of benzene rings is 1. The van der Waals surface area contributed by atoms with E-state index in [1.165, 1.54) is 6.08 Å². The summed E-state index contributed by atoms with van der Waals surface area (Å²) < 4.78 is 10.6. The Morgan fingerprint density at radius 1 is 1.27 bits per heavy atom. The van der Waals surface area contributed by atoms with Crippen LogP contribution in [0, 0.1) is 22.7 Å². The quantitative estimate of drug-likeness (QED) is 0.567. The van der Waals surface area contributed by atoms with Gasteiger partial charge in [-0.15, -0.1) is 0 Å². The Morgan fingerprint density at radius 2 is 1.95 bits per heavy atom. The second kappa shape index (κ2) is 9.04. The van der Waals surface area contributed by atoms with E-state index >= 15 is 0 Å². The zero-order valence-electron chi connectivity index (χ0n) is 12.6. The average Bonchev–Trinajstić information content (AvgIpc) is 2.53. The molecule has 0 spiro atoms. The van der Waals surface area contributed by atoms with Gasteiger partial charge in [0.05, 0.1) is 25.9 Å². The Morgan fingerprint density at radius 3 is 2.50 bits per heavy atom. The third-order valence-electron chi connectivity index (χ3n) is 2.74. The van der Waals surface area contributed by atoms with Crippen molar-refractivity contribution in [3.05, 3.63) is 29.8 Å². The molecule has 6 heteroatoms. The standard InChI is InChI=1S/C16H17N3O3/c1-3-22-15-12-13(4-6-14(15)21-2)5-7-16(20)19(10-8-17)11-9-18/h4-7,12H,3,10-11H2,1-2H3/b7-5+. The fourth-order valence-electron chi connectivity index (χ4n) is 1.72. The molecule has 0 aromatic heterocycles. The molecule has 6 nitrogen and oxygen atoms in total. The molecule has 0 unspecified atom stereocenters. The average molecular weight is 299 g/mol. The van der Waals surface area contributed by atoms with Gasteiger partial charge in [-0.25, -0.2) is 0 Å². The molecule has 1 rings (SSSR count). The SMILES string of the molecule is CCOc1cc(/C=C/C(=O)N(CC#N)CC#N)ccc1OC. The van der Waals surface area contributed by atoms with Crippen LogP contribution in [-0.2, 0) is 4.79 Å². The van der Waals surface area contributed by atoms with Crippen molar-refractivity contribution in [2.24, 2.45) is 0 Å². The highest BCUT2D eigenvalue weighted by atomic mass is 16.5. The fraction of sp³-hybridized carbons (Fsp3) is 0.312. The van der Waals surface area contributed by atoms with E-state index < -0.39 is 5.91 Å². The van der Waals surface area contributed by atoms with Crippen LogP contribution in [0.1, 0.15) is 12.5 Å². The Kier molecular flexibility index (Phi) is 7.01. The van der Waals surface area contributed by atoms with E-state index in [1.807, 2.05) is 19.1 Å². The number of hydrogen-bond acceptors (Lipinski definition) is 5. The van der Waals surface area contributed by atoms with Gasteiger partial charge in [0.1, 0.15) is 13.1 Å². The molecule has 0 heterocycles. The summed E-state index contributed by atoms with van der Waals surface area (Å²) in [4.78, 5) is 13.1. The lowest BCUT2D eigenvalue weighted by molar-refractivity contribution is -0.124. The molecule has 1 aromatic rings. The van der Waals surface area contributed by atoms with E-state index in [-0.39, 0.29) is 13.1 Å². The van der Waals surface area contributed by atoms with E-state index in [1.54, 1.807) is 31.4 Å². The molecular weight excluding hydrogens is 282 g/mol. The molecule has 22 heavy (non-hydrogen) atoms. The van der Waals surface area contributed by atoms with E-state index in [4.69, 9.17) is 20.0 Å². The highest BCUT2D eigenvalue weighted by molar-refractivity contribution is 5.92. The summed E-state index contributed by atoms with van der Waals surface area (Å²) in [6, 6.07) is 9.00. The van der Waals surface area contributed by atoms with Gasteiger partial charge in [-0.2, -0.15) is 10.5 Å². The Bertz CT molecular complexity index is 611. The van der Waals surface area contributed by atoms with Crippen LogP contribution in [-0.4, -0.2) is 37.6 Å². The molecule has 0 fully saturated rings. The molecule has 0 bridgehead atoms. The van der Waals surface area contributed by atoms with Crippen LogP contribution < -0.4 is 9.47 Å². The van der Waals surface area contributed by atoms with Gasteiger partial charge in [0, 0.05) is 6.08 Å². The van der Waals surface area contributed by atoms with E-state index in [0.29, 0.717) is 18.1 Å². The van der Waals surface area contributed by atoms with Gasteiger partial charge in [0.2, 0.25) is 5.91 Å². The number of ether oxygens (including phenoxy) is 2. The van der Waals surface area contributed by atoms with Gasteiger partial charge in [-0.1, -0.05) is 6.07 Å². The summed E-state index contributed by atoms with van der Waals surface area (Å²) in [7, 11) is 1.55. The number of nitriles is 2. The molecule has 0 saturated carbocycles. The van der Waals surface area contributed by atoms with Crippen molar-refractivity contribution in [3.63, 3.8) is 0 Å². The Balaban J connectivity index is 2.89. The molecule has 0 aliphatic rings. The molecule has 114 valence electrons. The van der Waals surface area contributed by atoms with Crippen LogP contribution in [0.15, 0.2) is 24.3 Å². The van der Waals surface area contributed by atoms with Crippen LogP contribution in [0.5, 0.6) is 11.5 Å². The lowest BCUT2D eigenvalue weighted by Crippen LogP contribution is -2.30. The highest BCUT2D eigenvalue weighted by Crippen LogP contribution is 2.28. The number of carbonyl (C=O) groups excluding carboxylic acids is 1. The zero-order chi connectivity index (χ0) is 16.4. The summed E-state index contributed by atoms with van der Waals surface area (Å²) in [5.41, 5.74) is 0.756. The Hall–Kier alpha value is -2.99. The lowest BCUT2D eigenvalue weighted by Gasteiger charge is -2.13. The molecule has 1 amide bonds. The molecule has 0 aliphatic heterocycles. The first-order valence-electron chi connectivity index (χ1n) is 6.68. The van der Waals surface area contributed by atoms with Crippen LogP contribution in [0.4, 0.5) is 0 Å². The predicted molar refractivity (Wildman–Crippen MR) is 81.0 cm³/mol. The van der Waals surface area contributed by atoms with Crippen LogP contribution >= 0.6 is 0 Å². The molecule has 0 radical (unpaired) electrons. The van der Waals surface area contributed by atoms with Crippen molar-refractivity contribution in [1.29, 1.82) is 10.5 Å². The molecule has 0 N–H and O–H groups in total. The Labute approximate surface area is 129 Å². The van der Waals surface area contributed by atoms with Crippen LogP contribution in [0.3, 0.4) is 0 Å². The van der Waals surface area contributed by atoms with Gasteiger partial charge in [-0.05, 0) is 30.7 Å². The maximum absolute atomic E-state index is 11.9. The third kappa shape index (κ3) is 4.84. The molecular formula is C16H17N3O3. The van der Waals surface area contributed by atoms with Crippen molar-refractivity contribution in [1.82, 2.24) is 4.90 Å². The van der Waals surface area contributed by atoms with Gasteiger partial charge in [-0.3, -0.25) is 4.79 Å². The van der Waals surface area contributed by atoms with Gasteiger partial charge < -0.3 is 14.4 Å². The summed E-state index contributed by atoms with van der Waals surface area (Å²) in [5, 5.41) is 17.3. The normalized spacial score (nSPS) is 9.82. The van der Waals surface area contributed by atoms with Crippen molar-refractivity contribution in [2.75, 3.05) is 26.8 Å². The number of amides is 1. The first-order chi connectivity index (χ1) is 10.7. The van der Waals surface area contributed by atoms with Gasteiger partial charge in [0.25, 0.3) is 0 Å². The first-order valence-corrected chi connectivity index (χ1v) is 6.68. The number of rotatable bonds is 7. The lowest BCUT2D eigenvalue weighted by atomic mass is 10.2. The van der Waals surface area contributed by atoms with E-state index in [9.17, 15) is 4.79 Å². The molecule has 0 saturated heterocycles. The fourth-order valence-corrected chi connectivity index (χ4v) is 1.72. The highest BCUT2D eigenvalue weighted by Gasteiger charge is 2.09. The summed E-state index contributed by atoms with van der Waals surface area (Å²) in [6.45, 7) is 2.13. The van der Waals surface area contributed by atoms with E-state index in [0.717, 1.165) is 10.5 Å². The first kappa shape index (κ1) is 17.1. The monoisotopic (exact) mass is 299 g/mol. The van der Waals surface area contributed by atoms with Crippen LogP contribution in [0.2, 0.25) is 0 Å². The molecule has 0 aliphatic carbocycles. The zero-order valence-corrected chi connectivity index (χ0v) is 12.6. The van der Waals surface area contributed by atoms with Gasteiger partial charge >= 0.3 is 0 Å². The smallest absolute Gasteiger partial charge is 0.248 e. The van der Waals surface area contributed by atoms with Crippen LogP contribution in [0.25, 0.3) is 6.08 Å². The minimum atomic E-state index is -0.392. The second-order valence-corrected chi connectivity index (χ2v) is 4.19. The summed E-state index contributed by atoms with van der Waals surface area (Å²) >= 11 is 0. The topological polar surface area (TPSA) is 86.4 Å². The minimum absolute atomic E-state index is 0.121. The molecule has 0 atom stereocenters. The maximum Gasteiger partial charge on any atom is 0.248 e. The number of carbonyl (C=O) groups is 1. The van der Waals surface area contributed by atoms with Gasteiger partial charge in [0.15, 0.2) is 11.5 Å². The predicted octanol–water partition coefficient (Wildman–Crippen LogP) is 1.98. The largest absolute Gasteiger partial charge is 0.493 e. The second-order valence-electron chi connectivity index (χ2n) is 4.19. The van der Waals surface area contributed by atoms with Crippen molar-refractivity contribution >= 4 is 12.0 Å².